The second-order valence-corrected chi connectivity index (χ2v) is 5.93. The molecule has 0 aromatic carbocycles. The third-order valence-corrected chi connectivity index (χ3v) is 4.81. The molecule has 2 unspecified atom stereocenters. The number of unbranched alkanes of at least 4 members (excludes halogenated alkanes) is 1. The van der Waals surface area contributed by atoms with Crippen molar-refractivity contribution in [2.75, 3.05) is 6.61 Å². The van der Waals surface area contributed by atoms with Crippen LogP contribution in [0.25, 0.3) is 0 Å². The number of ether oxygens (including phenoxy) is 1. The fraction of sp³-hybridized carbons (Fsp3) is 0.643. The van der Waals surface area contributed by atoms with E-state index < -0.39 is 40.8 Å². The van der Waals surface area contributed by atoms with Gasteiger partial charge in [-0.25, -0.2) is 9.79 Å². The van der Waals surface area contributed by atoms with Gasteiger partial charge in [0.05, 0.1) is 6.61 Å². The Morgan fingerprint density at radius 1 is 1.64 bits per heavy atom. The molecule has 8 heteroatoms. The van der Waals surface area contributed by atoms with E-state index in [0.717, 1.165) is 6.42 Å². The topological polar surface area (TPSA) is 91.5 Å². The van der Waals surface area contributed by atoms with Crippen molar-refractivity contribution < 1.29 is 28.6 Å². The third-order valence-electron chi connectivity index (χ3n) is 4.81. The van der Waals surface area contributed by atoms with Crippen molar-refractivity contribution in [3.8, 4) is 0 Å². The summed E-state index contributed by atoms with van der Waals surface area (Å²) in [4.78, 5) is 19.4. The van der Waals surface area contributed by atoms with Gasteiger partial charge in [-0.2, -0.15) is 4.39 Å². The minimum absolute atomic E-state index is 0.0937. The highest BCUT2D eigenvalue weighted by Gasteiger charge is 2.97. The number of fused-ring (bicyclic) bond motifs is 3. The van der Waals surface area contributed by atoms with Crippen molar-refractivity contribution >= 4 is 18.6 Å². The molecule has 3 aliphatic heterocycles. The monoisotopic (exact) mass is 312 g/mol. The van der Waals surface area contributed by atoms with Crippen LogP contribution in [-0.2, 0) is 4.74 Å². The number of amidine groups is 1. The van der Waals surface area contributed by atoms with Crippen molar-refractivity contribution in [3.63, 3.8) is 0 Å². The van der Waals surface area contributed by atoms with Crippen LogP contribution in [0.2, 0.25) is 0 Å². The number of rotatable bonds is 4. The number of carbonyl (C=O) groups is 1. The summed E-state index contributed by atoms with van der Waals surface area (Å²) in [6, 6.07) is -0.793. The summed E-state index contributed by atoms with van der Waals surface area (Å²) in [6.07, 6.45) is 1.68. The summed E-state index contributed by atoms with van der Waals surface area (Å²) in [7, 11) is 0. The van der Waals surface area contributed by atoms with Crippen molar-refractivity contribution in [2.24, 2.45) is 9.98 Å². The summed E-state index contributed by atoms with van der Waals surface area (Å²) >= 11 is 0. The number of hydrogen-bond donors (Lipinski definition) is 2. The Bertz CT molecular complexity index is 595. The summed E-state index contributed by atoms with van der Waals surface area (Å²) in [5, 5.41) is 20.0. The molecule has 0 bridgehead atoms. The molecule has 0 aromatic rings. The molecule has 2 N–H and O–H groups in total. The molecule has 120 valence electrons. The van der Waals surface area contributed by atoms with E-state index >= 15 is 4.39 Å². The number of nitrogens with zero attached hydrogens (tertiary/aromatic N) is 3. The average Bonchev–Trinajstić information content (AvgIpc) is 2.94. The molecule has 0 aromatic heterocycles. The molecule has 3 rings (SSSR count). The highest BCUT2D eigenvalue weighted by Crippen LogP contribution is 2.65. The normalized spacial score (nSPS) is 45.8. The lowest BCUT2D eigenvalue weighted by molar-refractivity contribution is -0.747. The van der Waals surface area contributed by atoms with Crippen molar-refractivity contribution in [2.45, 2.75) is 49.9 Å². The number of aliphatic hydroxyl groups is 2. The van der Waals surface area contributed by atoms with Gasteiger partial charge in [-0.3, -0.25) is 0 Å². The van der Waals surface area contributed by atoms with Crippen LogP contribution in [0.1, 0.15) is 26.2 Å². The first-order chi connectivity index (χ1) is 10.4. The van der Waals surface area contributed by atoms with Crippen molar-refractivity contribution in [1.29, 1.82) is 0 Å². The lowest BCUT2D eigenvalue weighted by atomic mass is 9.90. The lowest BCUT2D eigenvalue weighted by Gasteiger charge is -2.34. The molecule has 0 saturated carbocycles. The summed E-state index contributed by atoms with van der Waals surface area (Å²) in [6.45, 7) is 4.71. The number of aliphatic imine (C=N–C) groups is 2. The maximum absolute atomic E-state index is 15.3. The predicted molar refractivity (Wildman–Crippen MR) is 75.8 cm³/mol. The number of aliphatic hydroxyl groups excluding tert-OH is 2. The number of amides is 2. The fourth-order valence-electron chi connectivity index (χ4n) is 3.42. The summed E-state index contributed by atoms with van der Waals surface area (Å²) < 4.78 is 20.1. The van der Waals surface area contributed by atoms with E-state index in [4.69, 9.17) is 4.74 Å². The quantitative estimate of drug-likeness (QED) is 0.349. The van der Waals surface area contributed by atoms with Gasteiger partial charge in [0.15, 0.2) is 11.9 Å². The van der Waals surface area contributed by atoms with Crippen LogP contribution in [-0.4, -0.2) is 63.6 Å². The first-order valence-electron chi connectivity index (χ1n) is 7.26. The minimum Gasteiger partial charge on any atom is -0.393 e. The smallest absolute Gasteiger partial charge is 0.393 e. The van der Waals surface area contributed by atoms with Gasteiger partial charge >= 0.3 is 18.1 Å². The van der Waals surface area contributed by atoms with E-state index in [-0.39, 0.29) is 5.84 Å². The van der Waals surface area contributed by atoms with Crippen LogP contribution in [0.5, 0.6) is 0 Å². The molecule has 0 radical (unpaired) electrons. The zero-order valence-electron chi connectivity index (χ0n) is 12.3. The van der Waals surface area contributed by atoms with Crippen LogP contribution < -0.4 is 0 Å². The zero-order chi connectivity index (χ0) is 16.2. The number of carbonyl (C=O) groups excluding carboxylic acids is 1. The van der Waals surface area contributed by atoms with Gasteiger partial charge in [0, 0.05) is 6.08 Å². The molecule has 1 spiro atoms. The average molecular weight is 312 g/mol. The molecular formula is C14H19FN3O4+. The third kappa shape index (κ3) is 1.55. The second-order valence-electron chi connectivity index (χ2n) is 5.93. The molecule has 3 heterocycles. The number of halogens is 1. The fourth-order valence-corrected chi connectivity index (χ4v) is 3.42. The number of quaternary nitrogens is 1. The Balaban J connectivity index is 1.90. The van der Waals surface area contributed by atoms with Crippen LogP contribution in [0.4, 0.5) is 9.18 Å². The molecule has 7 nitrogen and oxygen atoms in total. The number of alkyl halides is 1. The molecular weight excluding hydrogens is 293 g/mol. The van der Waals surface area contributed by atoms with E-state index in [1.807, 2.05) is 6.92 Å². The van der Waals surface area contributed by atoms with E-state index in [1.54, 1.807) is 0 Å². The van der Waals surface area contributed by atoms with Gasteiger partial charge in [0.2, 0.25) is 0 Å². The van der Waals surface area contributed by atoms with E-state index in [1.165, 1.54) is 12.3 Å². The van der Waals surface area contributed by atoms with Crippen LogP contribution in [0, 0.1) is 0 Å². The molecule has 2 fully saturated rings. The SMILES string of the molecule is C=NC1=NC(=O)[N+]2(C=C1)C1O[C@@](CO)(CCCC)[C@@H](O)[C@]12F. The van der Waals surface area contributed by atoms with Crippen LogP contribution >= 0.6 is 0 Å². The van der Waals surface area contributed by atoms with E-state index in [0.29, 0.717) is 12.8 Å². The van der Waals surface area contributed by atoms with Crippen LogP contribution in [0.3, 0.4) is 0 Å². The minimum atomic E-state index is -2.32. The maximum Gasteiger partial charge on any atom is 0.454 e. The zero-order valence-corrected chi connectivity index (χ0v) is 12.3. The van der Waals surface area contributed by atoms with Crippen molar-refractivity contribution in [3.05, 3.63) is 12.3 Å². The Labute approximate surface area is 127 Å². The van der Waals surface area contributed by atoms with E-state index in [9.17, 15) is 15.0 Å². The van der Waals surface area contributed by atoms with E-state index in [2.05, 4.69) is 16.7 Å². The number of hydrogen-bond acceptors (Lipinski definition) is 5. The highest BCUT2D eigenvalue weighted by atomic mass is 19.2. The Kier molecular flexibility index (Phi) is 3.33. The van der Waals surface area contributed by atoms with Crippen LogP contribution in [0.15, 0.2) is 22.3 Å². The highest BCUT2D eigenvalue weighted by molar-refractivity contribution is 6.03. The number of urea groups is 1. The van der Waals surface area contributed by atoms with Gasteiger partial charge in [0.1, 0.15) is 11.8 Å². The second kappa shape index (κ2) is 4.76. The summed E-state index contributed by atoms with van der Waals surface area (Å²) in [5.74, 6) is -2.23. The largest absolute Gasteiger partial charge is 0.454 e. The van der Waals surface area contributed by atoms with Gasteiger partial charge in [-0.05, 0) is 13.1 Å². The Hall–Kier alpha value is -1.48. The molecule has 0 aliphatic carbocycles. The Morgan fingerprint density at radius 2 is 2.36 bits per heavy atom. The predicted octanol–water partition coefficient (Wildman–Crippen LogP) is 0.867. The molecule has 2 amide bonds. The molecule has 5 atom stereocenters. The van der Waals surface area contributed by atoms with Gasteiger partial charge < -0.3 is 14.9 Å². The molecule has 22 heavy (non-hydrogen) atoms. The first kappa shape index (κ1) is 15.4. The van der Waals surface area contributed by atoms with Gasteiger partial charge in [-0.15, -0.1) is 9.48 Å². The van der Waals surface area contributed by atoms with Crippen molar-refractivity contribution in [1.82, 2.24) is 0 Å². The maximum atomic E-state index is 15.3. The standard InChI is InChI=1S/C14H19FN3O4/c1-3-4-6-13(8-19)10(20)14(15)11(22-13)18(14)7-5-9(16-2)17-12(18)21/h5,7,10-11,19-20H,2-4,6,8H2,1H3/q+1/t10-,11?,13-,14-,18?/m1/s1. The Morgan fingerprint density at radius 3 is 2.82 bits per heavy atom. The van der Waals surface area contributed by atoms with Gasteiger partial charge in [0.25, 0.3) is 0 Å². The summed E-state index contributed by atoms with van der Waals surface area (Å²) in [5.41, 5.74) is -1.37. The molecule has 2 saturated heterocycles. The van der Waals surface area contributed by atoms with Gasteiger partial charge in [-0.1, -0.05) is 19.8 Å². The lowest BCUT2D eigenvalue weighted by Crippen LogP contribution is -2.56. The molecule has 3 aliphatic rings. The first-order valence-corrected chi connectivity index (χ1v) is 7.26.